The van der Waals surface area contributed by atoms with Crippen LogP contribution >= 0.6 is 27.5 Å². The summed E-state index contributed by atoms with van der Waals surface area (Å²) in [6.07, 6.45) is 3.22. The Bertz CT molecular complexity index is 1190. The fourth-order valence-corrected chi connectivity index (χ4v) is 5.95. The molecule has 0 aliphatic rings. The highest BCUT2D eigenvalue weighted by molar-refractivity contribution is 9.10. The number of anilines is 3. The molecule has 0 atom stereocenters. The minimum atomic E-state index is -4.00. The van der Waals surface area contributed by atoms with Crippen LogP contribution in [0.1, 0.15) is 0 Å². The molecule has 27 heavy (non-hydrogen) atoms. The number of hydrogen-bond donors (Lipinski definition) is 1. The minimum absolute atomic E-state index is 0.00490. The van der Waals surface area contributed by atoms with Crippen LogP contribution in [0.3, 0.4) is 0 Å². The smallest absolute Gasteiger partial charge is 0.245 e. The molecule has 2 heterocycles. The Morgan fingerprint density at radius 1 is 1.11 bits per heavy atom. The monoisotopic (exact) mass is 493 g/mol. The summed E-state index contributed by atoms with van der Waals surface area (Å²) in [7, 11) is -8.00. The SMILES string of the molecule is CS(=O)(=O)N(c1ccc(Nc2cc(Cl)nc3c(Br)cnn23)cc1)S(C)(=O)=O. The van der Waals surface area contributed by atoms with Crippen molar-refractivity contribution in [1.82, 2.24) is 14.6 Å². The molecule has 0 aliphatic heterocycles. The number of rotatable bonds is 5. The van der Waals surface area contributed by atoms with Crippen LogP contribution in [-0.4, -0.2) is 43.9 Å². The number of benzene rings is 1. The minimum Gasteiger partial charge on any atom is -0.340 e. The van der Waals surface area contributed by atoms with E-state index in [-0.39, 0.29) is 10.8 Å². The molecule has 0 radical (unpaired) electrons. The van der Waals surface area contributed by atoms with Crippen molar-refractivity contribution in [2.24, 2.45) is 0 Å². The molecular formula is C14H13BrClN5O4S2. The lowest BCUT2D eigenvalue weighted by atomic mass is 10.3. The van der Waals surface area contributed by atoms with Gasteiger partial charge >= 0.3 is 0 Å². The van der Waals surface area contributed by atoms with Crippen molar-refractivity contribution in [2.75, 3.05) is 21.5 Å². The first-order valence-corrected chi connectivity index (χ1v) is 12.1. The highest BCUT2D eigenvalue weighted by Gasteiger charge is 2.27. The number of sulfonamides is 2. The van der Waals surface area contributed by atoms with Crippen molar-refractivity contribution in [3.05, 3.63) is 46.2 Å². The van der Waals surface area contributed by atoms with Crippen LogP contribution in [0, 0.1) is 0 Å². The summed E-state index contributed by atoms with van der Waals surface area (Å²) < 4.78 is 49.9. The van der Waals surface area contributed by atoms with Gasteiger partial charge < -0.3 is 5.32 Å². The van der Waals surface area contributed by atoms with Crippen molar-refractivity contribution in [3.8, 4) is 0 Å². The Morgan fingerprint density at radius 3 is 2.26 bits per heavy atom. The maximum atomic E-state index is 11.8. The van der Waals surface area contributed by atoms with E-state index in [1.165, 1.54) is 28.8 Å². The second-order valence-electron chi connectivity index (χ2n) is 5.59. The topological polar surface area (TPSA) is 114 Å². The lowest BCUT2D eigenvalue weighted by Gasteiger charge is -2.20. The molecule has 0 spiro atoms. The van der Waals surface area contributed by atoms with E-state index in [9.17, 15) is 16.8 Å². The van der Waals surface area contributed by atoms with E-state index >= 15 is 0 Å². The van der Waals surface area contributed by atoms with Gasteiger partial charge in [-0.25, -0.2) is 21.8 Å². The molecule has 13 heteroatoms. The first-order valence-electron chi connectivity index (χ1n) is 7.24. The zero-order valence-corrected chi connectivity index (χ0v) is 17.9. The van der Waals surface area contributed by atoms with Crippen LogP contribution in [0.15, 0.2) is 41.0 Å². The summed E-state index contributed by atoms with van der Waals surface area (Å²) in [6.45, 7) is 0. The molecule has 3 rings (SSSR count). The van der Waals surface area contributed by atoms with Crippen molar-refractivity contribution in [3.63, 3.8) is 0 Å². The number of fused-ring (bicyclic) bond motifs is 1. The Hall–Kier alpha value is -1.89. The Morgan fingerprint density at radius 2 is 1.70 bits per heavy atom. The first-order chi connectivity index (χ1) is 12.5. The molecule has 0 aliphatic carbocycles. The van der Waals surface area contributed by atoms with Gasteiger partial charge in [0.2, 0.25) is 20.0 Å². The maximum absolute atomic E-state index is 11.8. The molecule has 2 aromatic heterocycles. The lowest BCUT2D eigenvalue weighted by Crippen LogP contribution is -2.35. The van der Waals surface area contributed by atoms with Gasteiger partial charge in [-0.15, -0.1) is 0 Å². The molecule has 0 fully saturated rings. The molecule has 1 aromatic carbocycles. The third kappa shape index (κ3) is 4.18. The van der Waals surface area contributed by atoms with Gasteiger partial charge in [-0.2, -0.15) is 13.3 Å². The molecule has 9 nitrogen and oxygen atoms in total. The van der Waals surface area contributed by atoms with Crippen LogP contribution < -0.4 is 9.03 Å². The van der Waals surface area contributed by atoms with Crippen molar-refractivity contribution in [2.45, 2.75) is 0 Å². The molecule has 0 bridgehead atoms. The molecule has 0 saturated heterocycles. The molecule has 0 unspecified atom stereocenters. The van der Waals surface area contributed by atoms with Crippen LogP contribution in [0.5, 0.6) is 0 Å². The van der Waals surface area contributed by atoms with E-state index in [0.717, 1.165) is 12.5 Å². The summed E-state index contributed by atoms with van der Waals surface area (Å²) in [5.74, 6) is 0.520. The van der Waals surface area contributed by atoms with Gasteiger partial charge in [0.15, 0.2) is 5.65 Å². The zero-order valence-electron chi connectivity index (χ0n) is 14.0. The highest BCUT2D eigenvalue weighted by atomic mass is 79.9. The summed E-state index contributed by atoms with van der Waals surface area (Å²) in [5, 5.41) is 7.52. The van der Waals surface area contributed by atoms with Gasteiger partial charge in [-0.05, 0) is 40.2 Å². The standard InChI is InChI=1S/C14H13BrClN5O4S2/c1-26(22,23)21(27(2,24)25)10-5-3-9(4-6-10)18-13-7-12(16)19-14-11(15)8-17-20(13)14/h3-8,18H,1-2H3. The van der Waals surface area contributed by atoms with Gasteiger partial charge in [0.1, 0.15) is 11.0 Å². The van der Waals surface area contributed by atoms with Crippen molar-refractivity contribution in [1.29, 1.82) is 0 Å². The largest absolute Gasteiger partial charge is 0.340 e. The van der Waals surface area contributed by atoms with E-state index in [2.05, 4.69) is 31.3 Å². The number of halogens is 2. The summed E-state index contributed by atoms with van der Waals surface area (Å²) in [5.41, 5.74) is 1.09. The van der Waals surface area contributed by atoms with E-state index in [1.807, 2.05) is 0 Å². The highest BCUT2D eigenvalue weighted by Crippen LogP contribution is 2.27. The van der Waals surface area contributed by atoms with Crippen LogP contribution in [0.4, 0.5) is 17.2 Å². The predicted octanol–water partition coefficient (Wildman–Crippen LogP) is 2.61. The van der Waals surface area contributed by atoms with E-state index in [1.54, 1.807) is 12.3 Å². The van der Waals surface area contributed by atoms with Crippen LogP contribution in [-0.2, 0) is 20.0 Å². The fraction of sp³-hybridized carbons (Fsp3) is 0.143. The average molecular weight is 495 g/mol. The quantitative estimate of drug-likeness (QED) is 0.542. The maximum Gasteiger partial charge on any atom is 0.245 e. The zero-order chi connectivity index (χ0) is 20.0. The lowest BCUT2D eigenvalue weighted by molar-refractivity contribution is 0.590. The summed E-state index contributed by atoms with van der Waals surface area (Å²) in [4.78, 5) is 4.17. The summed E-state index contributed by atoms with van der Waals surface area (Å²) >= 11 is 9.36. The van der Waals surface area contributed by atoms with E-state index < -0.39 is 20.0 Å². The number of hydrogen-bond acceptors (Lipinski definition) is 7. The van der Waals surface area contributed by atoms with Crippen molar-refractivity contribution < 1.29 is 16.8 Å². The third-order valence-corrected chi connectivity index (χ3v) is 7.35. The second kappa shape index (κ2) is 6.93. The number of aromatic nitrogens is 3. The van der Waals surface area contributed by atoms with Crippen LogP contribution in [0.2, 0.25) is 5.15 Å². The van der Waals surface area contributed by atoms with Gasteiger partial charge in [0.25, 0.3) is 0 Å². The predicted molar refractivity (Wildman–Crippen MR) is 108 cm³/mol. The second-order valence-corrected chi connectivity index (χ2v) is 10.7. The van der Waals surface area contributed by atoms with Crippen molar-refractivity contribution >= 4 is 70.4 Å². The molecule has 0 saturated carbocycles. The molecule has 1 N–H and O–H groups in total. The molecular weight excluding hydrogens is 482 g/mol. The van der Waals surface area contributed by atoms with Gasteiger partial charge in [-0.3, -0.25) is 0 Å². The Kier molecular flexibility index (Phi) is 5.10. The molecule has 0 amide bonds. The first kappa shape index (κ1) is 19.9. The van der Waals surface area contributed by atoms with Gasteiger partial charge in [0.05, 0.1) is 28.9 Å². The fourth-order valence-electron chi connectivity index (χ4n) is 2.44. The third-order valence-electron chi connectivity index (χ3n) is 3.35. The Labute approximate surface area is 169 Å². The number of nitrogens with one attached hydrogen (secondary N) is 1. The number of nitrogens with zero attached hydrogens (tertiary/aromatic N) is 4. The molecule has 144 valence electrons. The van der Waals surface area contributed by atoms with Crippen LogP contribution in [0.25, 0.3) is 5.65 Å². The normalized spacial score (nSPS) is 12.3. The van der Waals surface area contributed by atoms with Gasteiger partial charge in [-0.1, -0.05) is 11.6 Å². The van der Waals surface area contributed by atoms with E-state index in [4.69, 9.17) is 11.6 Å². The Balaban J connectivity index is 1.98. The average Bonchev–Trinajstić information content (AvgIpc) is 2.88. The summed E-state index contributed by atoms with van der Waals surface area (Å²) in [6, 6.07) is 7.41. The van der Waals surface area contributed by atoms with Gasteiger partial charge in [0, 0.05) is 11.8 Å². The molecule has 3 aromatic rings. The van der Waals surface area contributed by atoms with E-state index in [0.29, 0.717) is 25.3 Å².